The van der Waals surface area contributed by atoms with Crippen molar-refractivity contribution in [1.82, 2.24) is 4.90 Å². The predicted molar refractivity (Wildman–Crippen MR) is 133 cm³/mol. The smallest absolute Gasteiger partial charge is 0.258 e. The van der Waals surface area contributed by atoms with E-state index in [0.29, 0.717) is 18.7 Å². The van der Waals surface area contributed by atoms with Gasteiger partial charge in [-0.2, -0.15) is 0 Å². The molecular formula is C29H28N2O3. The molecule has 1 aliphatic rings. The van der Waals surface area contributed by atoms with Gasteiger partial charge >= 0.3 is 0 Å². The van der Waals surface area contributed by atoms with Gasteiger partial charge in [0, 0.05) is 5.69 Å². The monoisotopic (exact) mass is 452 g/mol. The van der Waals surface area contributed by atoms with E-state index in [-0.39, 0.29) is 5.91 Å². The second kappa shape index (κ2) is 9.48. The number of rotatable bonds is 8. The largest absolute Gasteiger partial charge is 0.494 e. The maximum atomic E-state index is 13.5. The number of nitrogens with zero attached hydrogens (tertiary/aromatic N) is 1. The highest BCUT2D eigenvalue weighted by atomic mass is 16.5. The average molecular weight is 453 g/mol. The van der Waals surface area contributed by atoms with E-state index < -0.39 is 5.66 Å². The van der Waals surface area contributed by atoms with E-state index >= 15 is 0 Å². The molecule has 34 heavy (non-hydrogen) atoms. The maximum absolute atomic E-state index is 13.5. The third-order valence-electron chi connectivity index (χ3n) is 6.35. The molecule has 4 aromatic rings. The predicted octanol–water partition coefficient (Wildman–Crippen LogP) is 6.23. The fraction of sp³-hybridized carbons (Fsp3) is 0.207. The van der Waals surface area contributed by atoms with Crippen LogP contribution in [0.4, 0.5) is 5.69 Å². The molecule has 1 atom stereocenters. The van der Waals surface area contributed by atoms with E-state index in [1.165, 1.54) is 5.56 Å². The molecule has 172 valence electrons. The molecule has 2 heterocycles. The molecule has 5 heteroatoms. The summed E-state index contributed by atoms with van der Waals surface area (Å²) in [5, 5.41) is 3.60. The number of benzene rings is 3. The number of furan rings is 1. The van der Waals surface area contributed by atoms with Gasteiger partial charge in [0.15, 0.2) is 0 Å². The second-order valence-electron chi connectivity index (χ2n) is 8.68. The number of para-hydroxylation sites is 1. The molecule has 3 aromatic carbocycles. The third-order valence-corrected chi connectivity index (χ3v) is 6.35. The molecule has 0 fully saturated rings. The Balaban J connectivity index is 1.33. The molecule has 1 unspecified atom stereocenters. The molecule has 0 bridgehead atoms. The Morgan fingerprint density at radius 1 is 0.912 bits per heavy atom. The number of aryl methyl sites for hydroxylation is 1. The molecule has 0 radical (unpaired) electrons. The lowest BCUT2D eigenvalue weighted by molar-refractivity contribution is 0.0487. The molecule has 1 aromatic heterocycles. The molecule has 1 N–H and O–H groups in total. The van der Waals surface area contributed by atoms with Crippen LogP contribution in [0.5, 0.6) is 5.75 Å². The first kappa shape index (κ1) is 21.8. The van der Waals surface area contributed by atoms with Crippen LogP contribution in [0.25, 0.3) is 0 Å². The van der Waals surface area contributed by atoms with Crippen molar-refractivity contribution < 1.29 is 13.9 Å². The highest BCUT2D eigenvalue weighted by molar-refractivity contribution is 6.02. The summed E-state index contributed by atoms with van der Waals surface area (Å²) in [4.78, 5) is 15.3. The van der Waals surface area contributed by atoms with Crippen LogP contribution in [-0.2, 0) is 18.6 Å². The van der Waals surface area contributed by atoms with Gasteiger partial charge in [0.1, 0.15) is 17.2 Å². The lowest BCUT2D eigenvalue weighted by atomic mass is 9.93. The summed E-state index contributed by atoms with van der Waals surface area (Å²) in [6.45, 7) is 3.04. The van der Waals surface area contributed by atoms with Crippen molar-refractivity contribution in [2.24, 2.45) is 0 Å². The van der Waals surface area contributed by atoms with Crippen LogP contribution in [0.1, 0.15) is 40.6 Å². The van der Waals surface area contributed by atoms with Crippen molar-refractivity contribution >= 4 is 11.6 Å². The zero-order valence-electron chi connectivity index (χ0n) is 19.2. The zero-order valence-corrected chi connectivity index (χ0v) is 19.2. The summed E-state index contributed by atoms with van der Waals surface area (Å²) in [7, 11) is 0. The van der Waals surface area contributed by atoms with Gasteiger partial charge in [-0.25, -0.2) is 0 Å². The van der Waals surface area contributed by atoms with Gasteiger partial charge in [0.05, 0.1) is 25.0 Å². The first-order valence-corrected chi connectivity index (χ1v) is 11.6. The zero-order chi connectivity index (χ0) is 23.4. The topological polar surface area (TPSA) is 54.7 Å². The van der Waals surface area contributed by atoms with Gasteiger partial charge < -0.3 is 19.4 Å². The third kappa shape index (κ3) is 4.42. The van der Waals surface area contributed by atoms with Gasteiger partial charge in [0.2, 0.25) is 0 Å². The van der Waals surface area contributed by atoms with Crippen LogP contribution in [-0.4, -0.2) is 17.4 Å². The Labute approximate surface area is 200 Å². The van der Waals surface area contributed by atoms with Gasteiger partial charge in [-0.3, -0.25) is 4.79 Å². The quantitative estimate of drug-likeness (QED) is 0.322. The number of carbonyl (C=O) groups excluding carboxylic acids is 1. The van der Waals surface area contributed by atoms with E-state index in [1.54, 1.807) is 6.26 Å². The van der Waals surface area contributed by atoms with Crippen LogP contribution < -0.4 is 10.1 Å². The fourth-order valence-corrected chi connectivity index (χ4v) is 4.46. The maximum Gasteiger partial charge on any atom is 0.258 e. The fourth-order valence-electron chi connectivity index (χ4n) is 4.46. The molecule has 5 rings (SSSR count). The van der Waals surface area contributed by atoms with E-state index in [9.17, 15) is 4.79 Å². The standard InChI is InChI=1S/C29H28N2O3/c1-29(23-15-17-24(18-16-23)33-19-7-11-22-9-3-2-4-10-22)30-27-14-6-5-13-26(27)28(32)31(29)21-25-12-8-20-34-25/h2-6,8-10,12-18,20,30H,7,11,19,21H2,1H3. The highest BCUT2D eigenvalue weighted by Gasteiger charge is 2.42. The van der Waals surface area contributed by atoms with Gasteiger partial charge in [-0.1, -0.05) is 54.6 Å². The Kier molecular flexibility index (Phi) is 6.09. The Morgan fingerprint density at radius 3 is 2.44 bits per heavy atom. The van der Waals surface area contributed by atoms with Gasteiger partial charge in [-0.15, -0.1) is 0 Å². The summed E-state index contributed by atoms with van der Waals surface area (Å²) in [6.07, 6.45) is 3.57. The van der Waals surface area contributed by atoms with Crippen molar-refractivity contribution in [3.8, 4) is 5.75 Å². The van der Waals surface area contributed by atoms with E-state index in [0.717, 1.165) is 35.6 Å². The molecular weight excluding hydrogens is 424 g/mol. The first-order chi connectivity index (χ1) is 16.6. The second-order valence-corrected chi connectivity index (χ2v) is 8.68. The highest BCUT2D eigenvalue weighted by Crippen LogP contribution is 2.39. The SMILES string of the molecule is CC1(c2ccc(OCCCc3ccccc3)cc2)Nc2ccccc2C(=O)N1Cc1ccco1. The summed E-state index contributed by atoms with van der Waals surface area (Å²) < 4.78 is 11.5. The summed E-state index contributed by atoms with van der Waals surface area (Å²) in [5.41, 5.74) is 3.03. The van der Waals surface area contributed by atoms with Gasteiger partial charge in [-0.05, 0) is 67.3 Å². The number of fused-ring (bicyclic) bond motifs is 1. The minimum absolute atomic E-state index is 0.0329. The number of amides is 1. The molecule has 1 aliphatic heterocycles. The molecule has 0 saturated heterocycles. The van der Waals surface area contributed by atoms with Crippen LogP contribution in [0.3, 0.4) is 0 Å². The number of carbonyl (C=O) groups is 1. The molecule has 0 saturated carbocycles. The normalized spacial score (nSPS) is 17.2. The number of nitrogens with one attached hydrogen (secondary N) is 1. The Hall–Kier alpha value is -3.99. The van der Waals surface area contributed by atoms with Crippen molar-refractivity contribution in [3.63, 3.8) is 0 Å². The van der Waals surface area contributed by atoms with Crippen molar-refractivity contribution in [3.05, 3.63) is 120 Å². The number of ether oxygens (including phenoxy) is 1. The molecule has 0 aliphatic carbocycles. The van der Waals surface area contributed by atoms with Crippen LogP contribution in [0.2, 0.25) is 0 Å². The van der Waals surface area contributed by atoms with Crippen molar-refractivity contribution in [2.45, 2.75) is 32.0 Å². The summed E-state index contributed by atoms with van der Waals surface area (Å²) in [5.74, 6) is 1.52. The van der Waals surface area contributed by atoms with Crippen molar-refractivity contribution in [2.75, 3.05) is 11.9 Å². The van der Waals surface area contributed by atoms with E-state index in [4.69, 9.17) is 9.15 Å². The summed E-state index contributed by atoms with van der Waals surface area (Å²) >= 11 is 0. The number of hydrogen-bond donors (Lipinski definition) is 1. The number of anilines is 1. The lowest BCUT2D eigenvalue weighted by Crippen LogP contribution is -2.55. The molecule has 5 nitrogen and oxygen atoms in total. The minimum atomic E-state index is -0.746. The first-order valence-electron chi connectivity index (χ1n) is 11.6. The van der Waals surface area contributed by atoms with Gasteiger partial charge in [0.25, 0.3) is 5.91 Å². The van der Waals surface area contributed by atoms with E-state index in [1.807, 2.05) is 78.6 Å². The Bertz CT molecular complexity index is 1240. The van der Waals surface area contributed by atoms with Crippen LogP contribution in [0.15, 0.2) is 102 Å². The summed E-state index contributed by atoms with van der Waals surface area (Å²) in [6, 6.07) is 29.8. The molecule has 0 spiro atoms. The molecule has 1 amide bonds. The minimum Gasteiger partial charge on any atom is -0.494 e. The van der Waals surface area contributed by atoms with E-state index in [2.05, 4.69) is 29.6 Å². The Morgan fingerprint density at radius 2 is 1.68 bits per heavy atom. The van der Waals surface area contributed by atoms with Crippen molar-refractivity contribution in [1.29, 1.82) is 0 Å². The number of hydrogen-bond acceptors (Lipinski definition) is 4. The van der Waals surface area contributed by atoms with Crippen LogP contribution in [0, 0.1) is 0 Å². The van der Waals surface area contributed by atoms with Crippen LogP contribution >= 0.6 is 0 Å². The lowest BCUT2D eigenvalue weighted by Gasteiger charge is -2.46. The average Bonchev–Trinajstić information content (AvgIpc) is 3.39.